The zero-order valence-corrected chi connectivity index (χ0v) is 13.4. The van der Waals surface area contributed by atoms with Crippen LogP contribution >= 0.6 is 0 Å². The molecule has 1 unspecified atom stereocenters. The van der Waals surface area contributed by atoms with Gasteiger partial charge in [-0.3, -0.25) is 4.79 Å². The maximum Gasteiger partial charge on any atom is 0.257 e. The lowest BCUT2D eigenvalue weighted by atomic mass is 10.0. The third-order valence-corrected chi connectivity index (χ3v) is 5.22. The number of carbonyl (C=O) groups is 1. The molecule has 0 aliphatic carbocycles. The minimum absolute atomic E-state index is 0.0571. The maximum absolute atomic E-state index is 12.6. The van der Waals surface area contributed by atoms with E-state index in [9.17, 15) is 9.00 Å². The van der Waals surface area contributed by atoms with Crippen molar-refractivity contribution in [1.29, 1.82) is 0 Å². The second-order valence-electron chi connectivity index (χ2n) is 5.25. The van der Waals surface area contributed by atoms with Gasteiger partial charge < -0.3 is 15.8 Å². The molecule has 0 saturated carbocycles. The minimum Gasteiger partial charge on any atom is -0.484 e. The minimum atomic E-state index is -1.16. The number of rotatable bonds is 5. The van der Waals surface area contributed by atoms with Gasteiger partial charge in [0, 0.05) is 22.9 Å². The normalized spacial score (nSPS) is 15.4. The van der Waals surface area contributed by atoms with Crippen LogP contribution in [-0.4, -0.2) is 29.8 Å². The average molecular weight is 330 g/mol. The van der Waals surface area contributed by atoms with E-state index in [2.05, 4.69) is 5.32 Å². The van der Waals surface area contributed by atoms with Crippen molar-refractivity contribution >= 4 is 16.7 Å². The Balaban J connectivity index is 1.74. The Labute approximate surface area is 137 Å². The van der Waals surface area contributed by atoms with E-state index in [0.29, 0.717) is 25.3 Å². The van der Waals surface area contributed by atoms with Crippen LogP contribution < -0.4 is 15.8 Å². The van der Waals surface area contributed by atoms with Crippen molar-refractivity contribution in [2.75, 3.05) is 19.7 Å². The number of nitrogens with one attached hydrogen (secondary N) is 1. The molecule has 1 amide bonds. The summed E-state index contributed by atoms with van der Waals surface area (Å²) in [5.74, 6) is 0.394. The molecule has 2 aromatic rings. The van der Waals surface area contributed by atoms with Crippen molar-refractivity contribution in [3.8, 4) is 5.75 Å². The molecular weight excluding hydrogens is 312 g/mol. The summed E-state index contributed by atoms with van der Waals surface area (Å²) in [6.07, 6.45) is 0.716. The summed E-state index contributed by atoms with van der Waals surface area (Å²) in [5, 5.41) is 2.65. The van der Waals surface area contributed by atoms with Gasteiger partial charge in [0.1, 0.15) is 5.75 Å². The maximum atomic E-state index is 12.6. The van der Waals surface area contributed by atoms with E-state index >= 15 is 0 Å². The lowest BCUT2D eigenvalue weighted by molar-refractivity contribution is -0.123. The van der Waals surface area contributed by atoms with Gasteiger partial charge >= 0.3 is 0 Å². The van der Waals surface area contributed by atoms with Crippen molar-refractivity contribution in [2.45, 2.75) is 16.2 Å². The molecular formula is C17H18N2O3S. The summed E-state index contributed by atoms with van der Waals surface area (Å²) in [6, 6.07) is 13.2. The standard InChI is InChI=1S/C17H18N2O3S/c18-7-8-19-17(20)11-22-14-5-6-16-13(10-14)9-12-3-1-2-4-15(12)23(16)21/h1-6,10H,7-9,11,18H2,(H,19,20). The molecule has 2 aromatic carbocycles. The van der Waals surface area contributed by atoms with Crippen LogP contribution in [0.15, 0.2) is 52.3 Å². The first-order chi connectivity index (χ1) is 11.2. The molecule has 23 heavy (non-hydrogen) atoms. The van der Waals surface area contributed by atoms with E-state index in [0.717, 1.165) is 20.9 Å². The second-order valence-corrected chi connectivity index (χ2v) is 6.67. The molecule has 1 heterocycles. The number of nitrogens with two attached hydrogens (primary N) is 1. The predicted molar refractivity (Wildman–Crippen MR) is 87.9 cm³/mol. The van der Waals surface area contributed by atoms with E-state index in [1.54, 1.807) is 6.07 Å². The van der Waals surface area contributed by atoms with E-state index in [-0.39, 0.29) is 12.5 Å². The summed E-state index contributed by atoms with van der Waals surface area (Å²) >= 11 is 0. The van der Waals surface area contributed by atoms with Gasteiger partial charge in [-0.05, 0) is 41.8 Å². The summed E-state index contributed by atoms with van der Waals surface area (Å²) in [5.41, 5.74) is 7.37. The van der Waals surface area contributed by atoms with E-state index < -0.39 is 10.8 Å². The molecule has 0 bridgehead atoms. The number of benzene rings is 2. The molecule has 1 atom stereocenters. The molecule has 1 aliphatic rings. The van der Waals surface area contributed by atoms with Crippen LogP contribution in [0, 0.1) is 0 Å². The summed E-state index contributed by atoms with van der Waals surface area (Å²) < 4.78 is 18.1. The number of amides is 1. The van der Waals surface area contributed by atoms with Gasteiger partial charge in [0.2, 0.25) is 0 Å². The number of hydrogen-bond donors (Lipinski definition) is 2. The summed E-state index contributed by atoms with van der Waals surface area (Å²) in [7, 11) is -1.16. The topological polar surface area (TPSA) is 81.4 Å². The fourth-order valence-electron chi connectivity index (χ4n) is 2.53. The molecule has 0 spiro atoms. The first-order valence-corrected chi connectivity index (χ1v) is 8.56. The highest BCUT2D eigenvalue weighted by atomic mass is 32.2. The second kappa shape index (κ2) is 6.93. The molecule has 1 aliphatic heterocycles. The lowest BCUT2D eigenvalue weighted by Gasteiger charge is -2.19. The van der Waals surface area contributed by atoms with Crippen LogP contribution in [0.4, 0.5) is 0 Å². The molecule has 0 fully saturated rings. The van der Waals surface area contributed by atoms with Gasteiger partial charge in [-0.25, -0.2) is 4.21 Å². The molecule has 3 N–H and O–H groups in total. The highest BCUT2D eigenvalue weighted by Crippen LogP contribution is 2.33. The van der Waals surface area contributed by atoms with Crippen LogP contribution in [0.5, 0.6) is 5.75 Å². The zero-order valence-electron chi connectivity index (χ0n) is 12.6. The summed E-state index contributed by atoms with van der Waals surface area (Å²) in [6.45, 7) is 0.774. The Morgan fingerprint density at radius 1 is 1.17 bits per heavy atom. The monoisotopic (exact) mass is 330 g/mol. The summed E-state index contributed by atoms with van der Waals surface area (Å²) in [4.78, 5) is 13.2. The Kier molecular flexibility index (Phi) is 4.73. The van der Waals surface area contributed by atoms with Gasteiger partial charge in [0.25, 0.3) is 5.91 Å². The molecule has 120 valence electrons. The largest absolute Gasteiger partial charge is 0.484 e. The van der Waals surface area contributed by atoms with Crippen LogP contribution in [0.25, 0.3) is 0 Å². The van der Waals surface area contributed by atoms with Crippen LogP contribution in [0.2, 0.25) is 0 Å². The van der Waals surface area contributed by atoms with Crippen LogP contribution in [0.1, 0.15) is 11.1 Å². The van der Waals surface area contributed by atoms with E-state index in [4.69, 9.17) is 10.5 Å². The number of fused-ring (bicyclic) bond motifs is 2. The molecule has 6 heteroatoms. The van der Waals surface area contributed by atoms with Gasteiger partial charge in [-0.2, -0.15) is 0 Å². The average Bonchev–Trinajstić information content (AvgIpc) is 2.58. The Morgan fingerprint density at radius 2 is 1.96 bits per heavy atom. The highest BCUT2D eigenvalue weighted by molar-refractivity contribution is 7.85. The molecule has 0 radical (unpaired) electrons. The first-order valence-electron chi connectivity index (χ1n) is 7.41. The first kappa shape index (κ1) is 15.7. The Morgan fingerprint density at radius 3 is 2.78 bits per heavy atom. The highest BCUT2D eigenvalue weighted by Gasteiger charge is 2.22. The molecule has 5 nitrogen and oxygen atoms in total. The third kappa shape index (κ3) is 3.43. The van der Waals surface area contributed by atoms with Gasteiger partial charge in [-0.15, -0.1) is 0 Å². The SMILES string of the molecule is NCCNC(=O)COc1ccc2c(c1)Cc1ccccc1S2=O. The smallest absolute Gasteiger partial charge is 0.257 e. The molecule has 3 rings (SSSR count). The fourth-order valence-corrected chi connectivity index (χ4v) is 3.91. The number of ether oxygens (including phenoxy) is 1. The lowest BCUT2D eigenvalue weighted by Crippen LogP contribution is -2.32. The molecule has 0 saturated heterocycles. The predicted octanol–water partition coefficient (Wildman–Crippen LogP) is 1.21. The van der Waals surface area contributed by atoms with Gasteiger partial charge in [0.15, 0.2) is 6.61 Å². The van der Waals surface area contributed by atoms with Crippen molar-refractivity contribution < 1.29 is 13.7 Å². The van der Waals surface area contributed by atoms with Crippen LogP contribution in [-0.2, 0) is 22.0 Å². The Bertz CT molecular complexity index is 761. The van der Waals surface area contributed by atoms with Crippen LogP contribution in [0.3, 0.4) is 0 Å². The number of hydrogen-bond acceptors (Lipinski definition) is 4. The number of carbonyl (C=O) groups excluding carboxylic acids is 1. The van der Waals surface area contributed by atoms with Gasteiger partial charge in [-0.1, -0.05) is 18.2 Å². The Hall–Kier alpha value is -2.18. The van der Waals surface area contributed by atoms with Crippen molar-refractivity contribution in [3.63, 3.8) is 0 Å². The van der Waals surface area contributed by atoms with Crippen molar-refractivity contribution in [2.24, 2.45) is 5.73 Å². The van der Waals surface area contributed by atoms with Gasteiger partial charge in [0.05, 0.1) is 10.8 Å². The van der Waals surface area contributed by atoms with E-state index in [1.807, 2.05) is 36.4 Å². The van der Waals surface area contributed by atoms with Crippen molar-refractivity contribution in [3.05, 3.63) is 53.6 Å². The third-order valence-electron chi connectivity index (χ3n) is 3.62. The fraction of sp³-hybridized carbons (Fsp3) is 0.235. The van der Waals surface area contributed by atoms with E-state index in [1.165, 1.54) is 0 Å². The quantitative estimate of drug-likeness (QED) is 0.737. The van der Waals surface area contributed by atoms with Crippen molar-refractivity contribution in [1.82, 2.24) is 5.32 Å². The molecule has 0 aromatic heterocycles. The zero-order chi connectivity index (χ0) is 16.2.